The van der Waals surface area contributed by atoms with Crippen molar-refractivity contribution in [3.63, 3.8) is 0 Å². The lowest BCUT2D eigenvalue weighted by Crippen LogP contribution is -2.49. The van der Waals surface area contributed by atoms with Gasteiger partial charge >= 0.3 is 6.03 Å². The molecule has 0 saturated carbocycles. The van der Waals surface area contributed by atoms with Crippen LogP contribution in [0.4, 0.5) is 10.5 Å². The van der Waals surface area contributed by atoms with Gasteiger partial charge in [0.15, 0.2) is 0 Å². The van der Waals surface area contributed by atoms with Crippen LogP contribution in [-0.2, 0) is 11.2 Å². The molecular weight excluding hydrogens is 494 g/mol. The number of halogens is 1. The third-order valence-corrected chi connectivity index (χ3v) is 7.72. The summed E-state index contributed by atoms with van der Waals surface area (Å²) in [5, 5.41) is 5.51. The fraction of sp³-hybridized carbons (Fsp3) is 0.357. The Bertz CT molecular complexity index is 1170. The highest BCUT2D eigenvalue weighted by Crippen LogP contribution is 2.34. The summed E-state index contributed by atoms with van der Waals surface area (Å²) in [6.07, 6.45) is 1.71. The predicted octanol–water partition coefficient (Wildman–Crippen LogP) is 6.49. The number of thiophene rings is 1. The van der Waals surface area contributed by atoms with E-state index in [1.807, 2.05) is 35.2 Å². The Balaban J connectivity index is 1.50. The van der Waals surface area contributed by atoms with Crippen LogP contribution in [0.2, 0.25) is 5.02 Å². The lowest BCUT2D eigenvalue weighted by molar-refractivity contribution is -0.135. The molecule has 0 radical (unpaired) electrons. The highest BCUT2D eigenvalue weighted by atomic mass is 35.5. The summed E-state index contributed by atoms with van der Waals surface area (Å²) >= 11 is 7.80. The van der Waals surface area contributed by atoms with Crippen LogP contribution in [0, 0.1) is 5.92 Å². The number of ether oxygens (including phenoxy) is 1. The molecule has 36 heavy (non-hydrogen) atoms. The van der Waals surface area contributed by atoms with Gasteiger partial charge in [0.25, 0.3) is 0 Å². The highest BCUT2D eigenvalue weighted by molar-refractivity contribution is 7.10. The lowest BCUT2D eigenvalue weighted by Gasteiger charge is -2.37. The van der Waals surface area contributed by atoms with Gasteiger partial charge in [-0.15, -0.1) is 11.3 Å². The quantitative estimate of drug-likeness (QED) is 0.347. The van der Waals surface area contributed by atoms with Gasteiger partial charge in [-0.25, -0.2) is 4.79 Å². The number of hydrogen-bond donors (Lipinski definition) is 1. The number of nitrogens with zero attached hydrogens (tertiary/aromatic N) is 2. The van der Waals surface area contributed by atoms with E-state index >= 15 is 0 Å². The first kappa shape index (κ1) is 26.0. The molecule has 0 saturated heterocycles. The fourth-order valence-corrected chi connectivity index (χ4v) is 5.43. The first-order valence-corrected chi connectivity index (χ1v) is 13.6. The number of nitrogens with one attached hydrogen (secondary N) is 1. The van der Waals surface area contributed by atoms with Gasteiger partial charge in [0.2, 0.25) is 5.91 Å². The first-order chi connectivity index (χ1) is 17.4. The first-order valence-electron chi connectivity index (χ1n) is 12.3. The maximum Gasteiger partial charge on any atom is 0.322 e. The number of benzene rings is 2. The van der Waals surface area contributed by atoms with Crippen molar-refractivity contribution in [1.82, 2.24) is 9.80 Å². The van der Waals surface area contributed by atoms with Crippen molar-refractivity contribution in [2.75, 3.05) is 31.6 Å². The molecule has 8 heteroatoms. The van der Waals surface area contributed by atoms with Crippen LogP contribution < -0.4 is 10.1 Å². The molecule has 4 rings (SSSR count). The van der Waals surface area contributed by atoms with E-state index in [1.165, 1.54) is 4.88 Å². The van der Waals surface area contributed by atoms with Gasteiger partial charge in [0, 0.05) is 28.7 Å². The largest absolute Gasteiger partial charge is 0.491 e. The Morgan fingerprint density at radius 1 is 1.19 bits per heavy atom. The number of carbonyl (C=O) groups is 2. The van der Waals surface area contributed by atoms with E-state index in [-0.39, 0.29) is 30.4 Å². The Kier molecular flexibility index (Phi) is 8.88. The number of anilines is 1. The van der Waals surface area contributed by atoms with Gasteiger partial charge in [-0.3, -0.25) is 4.79 Å². The van der Waals surface area contributed by atoms with E-state index in [2.05, 4.69) is 30.6 Å². The normalized spacial score (nSPS) is 15.6. The number of amides is 3. The number of urea groups is 1. The summed E-state index contributed by atoms with van der Waals surface area (Å²) in [6, 6.07) is 18.2. The molecule has 2 aromatic carbocycles. The number of carbonyl (C=O) groups excluding carboxylic acids is 2. The van der Waals surface area contributed by atoms with Crippen LogP contribution in [-0.4, -0.2) is 48.0 Å². The summed E-state index contributed by atoms with van der Waals surface area (Å²) in [5.41, 5.74) is 1.73. The minimum Gasteiger partial charge on any atom is -0.491 e. The minimum absolute atomic E-state index is 0.00194. The van der Waals surface area contributed by atoms with Crippen molar-refractivity contribution in [3.05, 3.63) is 81.5 Å². The number of para-hydroxylation sites is 1. The lowest BCUT2D eigenvalue weighted by atomic mass is 10.00. The molecule has 1 aliphatic rings. The van der Waals surface area contributed by atoms with Gasteiger partial charge in [0.05, 0.1) is 6.04 Å². The van der Waals surface area contributed by atoms with Crippen molar-refractivity contribution in [2.45, 2.75) is 32.7 Å². The predicted molar refractivity (Wildman–Crippen MR) is 146 cm³/mol. The molecule has 0 fully saturated rings. The topological polar surface area (TPSA) is 61.9 Å². The van der Waals surface area contributed by atoms with Crippen LogP contribution in [0.1, 0.15) is 36.8 Å². The van der Waals surface area contributed by atoms with E-state index in [1.54, 1.807) is 40.5 Å². The maximum atomic E-state index is 13.7. The molecule has 0 spiro atoms. The molecule has 2 heterocycles. The fourth-order valence-electron chi connectivity index (χ4n) is 4.31. The molecule has 6 nitrogen and oxygen atoms in total. The molecule has 3 amide bonds. The second-order valence-corrected chi connectivity index (χ2v) is 10.5. The van der Waals surface area contributed by atoms with E-state index in [4.69, 9.17) is 16.3 Å². The number of hydrogen-bond acceptors (Lipinski definition) is 4. The number of fused-ring (bicyclic) bond motifs is 1. The third-order valence-electron chi connectivity index (χ3n) is 6.48. The highest BCUT2D eigenvalue weighted by Gasteiger charge is 2.33. The van der Waals surface area contributed by atoms with Crippen molar-refractivity contribution in [2.24, 2.45) is 5.92 Å². The van der Waals surface area contributed by atoms with Gasteiger partial charge in [-0.2, -0.15) is 0 Å². The minimum atomic E-state index is -0.309. The molecule has 1 aliphatic heterocycles. The summed E-state index contributed by atoms with van der Waals surface area (Å²) < 4.78 is 6.08. The van der Waals surface area contributed by atoms with Crippen LogP contribution in [0.15, 0.2) is 66.0 Å². The van der Waals surface area contributed by atoms with Crippen LogP contribution in [0.3, 0.4) is 0 Å². The second-order valence-electron chi connectivity index (χ2n) is 9.11. The van der Waals surface area contributed by atoms with E-state index in [9.17, 15) is 9.59 Å². The van der Waals surface area contributed by atoms with Crippen LogP contribution in [0.5, 0.6) is 5.75 Å². The Morgan fingerprint density at radius 2 is 2.00 bits per heavy atom. The summed E-state index contributed by atoms with van der Waals surface area (Å²) in [5.74, 6) is 0.939. The number of rotatable bonds is 9. The molecule has 0 aliphatic carbocycles. The second kappa shape index (κ2) is 12.3. The molecule has 0 unspecified atom stereocenters. The molecular formula is C28H32ClN3O3S. The SMILES string of the molecule is CC[C@@H](C)CN(CC(=O)N1CCc2sccc2[C@@H]1COc1ccccc1)C(=O)Nc1cccc(Cl)c1. The Hall–Kier alpha value is -3.03. The van der Waals surface area contributed by atoms with Gasteiger partial charge in [0.1, 0.15) is 18.9 Å². The standard InChI is InChI=1S/C28H32ClN3O3S/c1-3-20(2)17-31(28(34)30-22-9-7-8-21(29)16-22)18-27(33)32-14-12-26-24(13-15-36-26)25(32)19-35-23-10-5-4-6-11-23/h4-11,13,15-16,20,25H,3,12,14,17-19H2,1-2H3,(H,30,34)/t20-,25+/m1/s1. The van der Waals surface area contributed by atoms with Crippen LogP contribution in [0.25, 0.3) is 0 Å². The monoisotopic (exact) mass is 525 g/mol. The summed E-state index contributed by atoms with van der Waals surface area (Å²) in [6.45, 7) is 5.61. The molecule has 190 valence electrons. The average molecular weight is 526 g/mol. The average Bonchev–Trinajstić information content (AvgIpc) is 3.36. The molecule has 0 bridgehead atoms. The van der Waals surface area contributed by atoms with Gasteiger partial charge < -0.3 is 19.9 Å². The Morgan fingerprint density at radius 3 is 2.75 bits per heavy atom. The van der Waals surface area contributed by atoms with E-state index < -0.39 is 0 Å². The zero-order valence-corrected chi connectivity index (χ0v) is 22.2. The van der Waals surface area contributed by atoms with Gasteiger partial charge in [-0.05, 0) is 59.7 Å². The van der Waals surface area contributed by atoms with Crippen molar-refractivity contribution < 1.29 is 14.3 Å². The van der Waals surface area contributed by atoms with E-state index in [0.717, 1.165) is 24.2 Å². The van der Waals surface area contributed by atoms with Crippen molar-refractivity contribution >= 4 is 40.6 Å². The Labute approximate surface area is 221 Å². The van der Waals surface area contributed by atoms with Crippen molar-refractivity contribution in [3.8, 4) is 5.75 Å². The molecule has 1 aromatic heterocycles. The van der Waals surface area contributed by atoms with Gasteiger partial charge in [-0.1, -0.05) is 56.1 Å². The molecule has 2 atom stereocenters. The maximum absolute atomic E-state index is 13.7. The smallest absolute Gasteiger partial charge is 0.322 e. The van der Waals surface area contributed by atoms with Crippen LogP contribution >= 0.6 is 22.9 Å². The molecule has 1 N–H and O–H groups in total. The molecule has 3 aromatic rings. The zero-order valence-electron chi connectivity index (χ0n) is 20.7. The summed E-state index contributed by atoms with van der Waals surface area (Å²) in [7, 11) is 0. The third kappa shape index (κ3) is 6.59. The summed E-state index contributed by atoms with van der Waals surface area (Å²) in [4.78, 5) is 31.7. The van der Waals surface area contributed by atoms with E-state index in [0.29, 0.717) is 30.4 Å². The van der Waals surface area contributed by atoms with Crippen molar-refractivity contribution in [1.29, 1.82) is 0 Å². The zero-order chi connectivity index (χ0) is 25.5.